The summed E-state index contributed by atoms with van der Waals surface area (Å²) < 4.78 is 5.15. The predicted octanol–water partition coefficient (Wildman–Crippen LogP) is 1.30. The van der Waals surface area contributed by atoms with Crippen molar-refractivity contribution >= 4 is 11.6 Å². The second-order valence-electron chi connectivity index (χ2n) is 3.59. The number of hydrogen-bond acceptors (Lipinski definition) is 3. The van der Waals surface area contributed by atoms with E-state index < -0.39 is 0 Å². The van der Waals surface area contributed by atoms with Gasteiger partial charge in [0.15, 0.2) is 0 Å². The zero-order valence-electron chi connectivity index (χ0n) is 8.83. The Morgan fingerprint density at radius 2 is 2.40 bits per heavy atom. The number of amides is 1. The third-order valence-electron chi connectivity index (χ3n) is 2.51. The van der Waals surface area contributed by atoms with Crippen molar-refractivity contribution in [2.75, 3.05) is 19.0 Å². The zero-order chi connectivity index (χ0) is 10.8. The topological polar surface area (TPSA) is 50.4 Å². The molecular formula is C11H14N2O2. The number of nitrogens with one attached hydrogen (secondary N) is 2. The molecule has 1 amide bonds. The normalized spacial score (nSPS) is 17.9. The minimum Gasteiger partial charge on any atom is -0.497 e. The molecule has 0 saturated heterocycles. The van der Waals surface area contributed by atoms with Gasteiger partial charge in [-0.15, -0.1) is 0 Å². The molecule has 0 bridgehead atoms. The maximum absolute atomic E-state index is 11.0. The Bertz CT molecular complexity index is 390. The molecule has 0 aliphatic carbocycles. The molecule has 2 rings (SSSR count). The Kier molecular flexibility index (Phi) is 2.49. The molecule has 1 heterocycles. The highest BCUT2D eigenvalue weighted by Gasteiger charge is 2.22. The standard InChI is InChI=1S/C11H14N2O2/c1-7(14)13-11-6-12-10-4-3-8(15-2)5-9(10)11/h3-5,11-12H,6H2,1-2H3,(H,13,14). The van der Waals surface area contributed by atoms with Gasteiger partial charge in [-0.3, -0.25) is 4.79 Å². The summed E-state index contributed by atoms with van der Waals surface area (Å²) in [6, 6.07) is 5.88. The van der Waals surface area contributed by atoms with E-state index in [2.05, 4.69) is 10.6 Å². The minimum atomic E-state index is -0.0162. The molecule has 1 unspecified atom stereocenters. The molecule has 15 heavy (non-hydrogen) atoms. The van der Waals surface area contributed by atoms with Crippen LogP contribution in [0.5, 0.6) is 5.75 Å². The Morgan fingerprint density at radius 1 is 1.60 bits per heavy atom. The van der Waals surface area contributed by atoms with Crippen molar-refractivity contribution in [1.82, 2.24) is 5.32 Å². The number of anilines is 1. The van der Waals surface area contributed by atoms with Crippen LogP contribution >= 0.6 is 0 Å². The van der Waals surface area contributed by atoms with Gasteiger partial charge in [-0.05, 0) is 18.2 Å². The molecule has 0 aromatic heterocycles. The molecule has 1 atom stereocenters. The lowest BCUT2D eigenvalue weighted by Crippen LogP contribution is -2.27. The van der Waals surface area contributed by atoms with Crippen LogP contribution in [0.15, 0.2) is 18.2 Å². The van der Waals surface area contributed by atoms with Crippen LogP contribution in [-0.2, 0) is 4.79 Å². The summed E-state index contributed by atoms with van der Waals surface area (Å²) in [5.74, 6) is 0.797. The largest absolute Gasteiger partial charge is 0.497 e. The highest BCUT2D eigenvalue weighted by atomic mass is 16.5. The first kappa shape index (κ1) is 9.83. The van der Waals surface area contributed by atoms with E-state index in [9.17, 15) is 4.79 Å². The Labute approximate surface area is 88.6 Å². The average molecular weight is 206 g/mol. The highest BCUT2D eigenvalue weighted by Crippen LogP contribution is 2.32. The molecule has 0 spiro atoms. The Balaban J connectivity index is 2.27. The number of methoxy groups -OCH3 is 1. The number of carbonyl (C=O) groups excluding carboxylic acids is 1. The summed E-state index contributed by atoms with van der Waals surface area (Å²) in [6.07, 6.45) is 0. The van der Waals surface area contributed by atoms with Gasteiger partial charge in [-0.25, -0.2) is 0 Å². The summed E-state index contributed by atoms with van der Waals surface area (Å²) in [7, 11) is 1.64. The van der Waals surface area contributed by atoms with Crippen molar-refractivity contribution in [1.29, 1.82) is 0 Å². The van der Waals surface area contributed by atoms with Crippen LogP contribution in [0.1, 0.15) is 18.5 Å². The number of carbonyl (C=O) groups is 1. The van der Waals surface area contributed by atoms with Crippen molar-refractivity contribution in [3.05, 3.63) is 23.8 Å². The Hall–Kier alpha value is -1.71. The van der Waals surface area contributed by atoms with Gasteiger partial charge in [0.1, 0.15) is 5.75 Å². The van der Waals surface area contributed by atoms with Gasteiger partial charge >= 0.3 is 0 Å². The molecule has 4 heteroatoms. The third kappa shape index (κ3) is 1.88. The van der Waals surface area contributed by atoms with E-state index in [1.54, 1.807) is 7.11 Å². The highest BCUT2D eigenvalue weighted by molar-refractivity contribution is 5.75. The SMILES string of the molecule is COc1ccc2c(c1)C(NC(C)=O)CN2. The monoisotopic (exact) mass is 206 g/mol. The lowest BCUT2D eigenvalue weighted by atomic mass is 10.1. The first-order chi connectivity index (χ1) is 7.20. The minimum absolute atomic E-state index is 0.0162. The average Bonchev–Trinajstić information content (AvgIpc) is 2.60. The van der Waals surface area contributed by atoms with Crippen LogP contribution in [0.2, 0.25) is 0 Å². The predicted molar refractivity (Wildman–Crippen MR) is 58.0 cm³/mol. The molecule has 1 aromatic rings. The van der Waals surface area contributed by atoms with Crippen molar-refractivity contribution in [2.24, 2.45) is 0 Å². The fraction of sp³-hybridized carbons (Fsp3) is 0.364. The van der Waals surface area contributed by atoms with Crippen LogP contribution in [0.3, 0.4) is 0 Å². The zero-order valence-corrected chi connectivity index (χ0v) is 8.83. The molecular weight excluding hydrogens is 192 g/mol. The van der Waals surface area contributed by atoms with Gasteiger partial charge in [0.05, 0.1) is 13.2 Å². The van der Waals surface area contributed by atoms with E-state index in [4.69, 9.17) is 4.74 Å². The van der Waals surface area contributed by atoms with Crippen molar-refractivity contribution < 1.29 is 9.53 Å². The van der Waals surface area contributed by atoms with E-state index in [1.807, 2.05) is 18.2 Å². The summed E-state index contributed by atoms with van der Waals surface area (Å²) in [4.78, 5) is 11.0. The van der Waals surface area contributed by atoms with Crippen LogP contribution in [-0.4, -0.2) is 19.6 Å². The van der Waals surface area contributed by atoms with Gasteiger partial charge in [0.2, 0.25) is 5.91 Å². The summed E-state index contributed by atoms with van der Waals surface area (Å²) in [5, 5.41) is 6.13. The first-order valence-electron chi connectivity index (χ1n) is 4.89. The lowest BCUT2D eigenvalue weighted by molar-refractivity contribution is -0.119. The molecule has 4 nitrogen and oxygen atoms in total. The molecule has 1 aromatic carbocycles. The summed E-state index contributed by atoms with van der Waals surface area (Å²) >= 11 is 0. The summed E-state index contributed by atoms with van der Waals surface area (Å²) in [5.41, 5.74) is 2.15. The van der Waals surface area contributed by atoms with E-state index in [-0.39, 0.29) is 11.9 Å². The smallest absolute Gasteiger partial charge is 0.217 e. The number of fused-ring (bicyclic) bond motifs is 1. The lowest BCUT2D eigenvalue weighted by Gasteiger charge is -2.11. The van der Waals surface area contributed by atoms with Gasteiger partial charge in [0, 0.05) is 24.7 Å². The molecule has 0 radical (unpaired) electrons. The van der Waals surface area contributed by atoms with Crippen molar-refractivity contribution in [3.8, 4) is 5.75 Å². The van der Waals surface area contributed by atoms with Crippen LogP contribution in [0.25, 0.3) is 0 Å². The van der Waals surface area contributed by atoms with Gasteiger partial charge in [0.25, 0.3) is 0 Å². The van der Waals surface area contributed by atoms with Crippen molar-refractivity contribution in [2.45, 2.75) is 13.0 Å². The summed E-state index contributed by atoms with van der Waals surface area (Å²) in [6.45, 7) is 2.26. The van der Waals surface area contributed by atoms with E-state index in [1.165, 1.54) is 6.92 Å². The molecule has 0 fully saturated rings. The fourth-order valence-corrected chi connectivity index (χ4v) is 1.81. The molecule has 80 valence electrons. The van der Waals surface area contributed by atoms with Gasteiger partial charge in [-0.2, -0.15) is 0 Å². The number of rotatable bonds is 2. The molecule has 0 saturated carbocycles. The van der Waals surface area contributed by atoms with E-state index in [0.717, 1.165) is 23.5 Å². The number of ether oxygens (including phenoxy) is 1. The number of hydrogen-bond donors (Lipinski definition) is 2. The quantitative estimate of drug-likeness (QED) is 0.766. The van der Waals surface area contributed by atoms with Gasteiger partial charge in [-0.1, -0.05) is 0 Å². The molecule has 2 N–H and O–H groups in total. The van der Waals surface area contributed by atoms with Crippen molar-refractivity contribution in [3.63, 3.8) is 0 Å². The van der Waals surface area contributed by atoms with Crippen LogP contribution < -0.4 is 15.4 Å². The number of benzene rings is 1. The first-order valence-corrected chi connectivity index (χ1v) is 4.89. The Morgan fingerprint density at radius 3 is 3.07 bits per heavy atom. The fourth-order valence-electron chi connectivity index (χ4n) is 1.81. The second-order valence-corrected chi connectivity index (χ2v) is 3.59. The second kappa shape index (κ2) is 3.81. The maximum Gasteiger partial charge on any atom is 0.217 e. The maximum atomic E-state index is 11.0. The van der Waals surface area contributed by atoms with Crippen LogP contribution in [0, 0.1) is 0 Å². The molecule has 1 aliphatic rings. The van der Waals surface area contributed by atoms with Crippen LogP contribution in [0.4, 0.5) is 5.69 Å². The molecule has 1 aliphatic heterocycles. The van der Waals surface area contributed by atoms with E-state index >= 15 is 0 Å². The van der Waals surface area contributed by atoms with Gasteiger partial charge < -0.3 is 15.4 Å². The van der Waals surface area contributed by atoms with E-state index in [0.29, 0.717) is 0 Å². The third-order valence-corrected chi connectivity index (χ3v) is 2.51.